The van der Waals surface area contributed by atoms with Gasteiger partial charge in [0.1, 0.15) is 0 Å². The highest BCUT2D eigenvalue weighted by Crippen LogP contribution is 2.07. The van der Waals surface area contributed by atoms with E-state index in [0.29, 0.717) is 24.2 Å². The van der Waals surface area contributed by atoms with Gasteiger partial charge in [-0.3, -0.25) is 9.59 Å². The summed E-state index contributed by atoms with van der Waals surface area (Å²) in [6.45, 7) is 1.00. The van der Waals surface area contributed by atoms with E-state index in [0.717, 1.165) is 12.0 Å². The number of benzene rings is 3. The van der Waals surface area contributed by atoms with Crippen molar-refractivity contribution in [3.63, 3.8) is 0 Å². The van der Waals surface area contributed by atoms with Crippen LogP contribution in [0.4, 0.5) is 0 Å². The third kappa shape index (κ3) is 5.54. The molecular formula is C23H22N2O2. The van der Waals surface area contributed by atoms with Crippen LogP contribution < -0.4 is 10.6 Å². The van der Waals surface area contributed by atoms with Crippen LogP contribution in [-0.4, -0.2) is 18.4 Å². The zero-order valence-corrected chi connectivity index (χ0v) is 15.0. The molecule has 2 amide bonds. The van der Waals surface area contributed by atoms with Crippen LogP contribution in [0.25, 0.3) is 0 Å². The highest BCUT2D eigenvalue weighted by Gasteiger charge is 2.10. The second kappa shape index (κ2) is 9.34. The topological polar surface area (TPSA) is 58.2 Å². The van der Waals surface area contributed by atoms with Crippen LogP contribution in [-0.2, 0) is 13.0 Å². The molecule has 0 aromatic heterocycles. The Morgan fingerprint density at radius 3 is 1.81 bits per heavy atom. The van der Waals surface area contributed by atoms with Gasteiger partial charge in [0.05, 0.1) is 0 Å². The van der Waals surface area contributed by atoms with Crippen molar-refractivity contribution in [3.05, 3.63) is 107 Å². The molecule has 0 aliphatic rings. The summed E-state index contributed by atoms with van der Waals surface area (Å²) in [6, 6.07) is 26.5. The van der Waals surface area contributed by atoms with E-state index in [9.17, 15) is 9.59 Å². The van der Waals surface area contributed by atoms with Crippen molar-refractivity contribution in [3.8, 4) is 0 Å². The predicted molar refractivity (Wildman–Crippen MR) is 107 cm³/mol. The van der Waals surface area contributed by atoms with E-state index in [2.05, 4.69) is 10.6 Å². The molecular weight excluding hydrogens is 336 g/mol. The maximum atomic E-state index is 12.3. The fourth-order valence-electron chi connectivity index (χ4n) is 2.75. The molecule has 0 heterocycles. The van der Waals surface area contributed by atoms with Crippen LogP contribution in [0.15, 0.2) is 84.9 Å². The van der Waals surface area contributed by atoms with Crippen LogP contribution in [0.2, 0.25) is 0 Å². The fraction of sp³-hybridized carbons (Fsp3) is 0.130. The minimum absolute atomic E-state index is 0.177. The smallest absolute Gasteiger partial charge is 0.251 e. The van der Waals surface area contributed by atoms with Gasteiger partial charge in [-0.15, -0.1) is 0 Å². The maximum Gasteiger partial charge on any atom is 0.251 e. The highest BCUT2D eigenvalue weighted by atomic mass is 16.2. The van der Waals surface area contributed by atoms with Crippen molar-refractivity contribution < 1.29 is 9.59 Å². The minimum Gasteiger partial charge on any atom is -0.352 e. The quantitative estimate of drug-likeness (QED) is 0.678. The van der Waals surface area contributed by atoms with Gasteiger partial charge >= 0.3 is 0 Å². The molecule has 3 aromatic rings. The molecule has 3 aromatic carbocycles. The van der Waals surface area contributed by atoms with Gasteiger partial charge in [-0.1, -0.05) is 66.7 Å². The van der Waals surface area contributed by atoms with Gasteiger partial charge in [-0.2, -0.15) is 0 Å². The lowest BCUT2D eigenvalue weighted by Crippen LogP contribution is -2.27. The number of hydrogen-bond acceptors (Lipinski definition) is 2. The van der Waals surface area contributed by atoms with Gasteiger partial charge in [0.2, 0.25) is 0 Å². The summed E-state index contributed by atoms with van der Waals surface area (Å²) in [5, 5.41) is 5.78. The van der Waals surface area contributed by atoms with Gasteiger partial charge in [0, 0.05) is 24.2 Å². The molecule has 0 fully saturated rings. The lowest BCUT2D eigenvalue weighted by atomic mass is 10.1. The van der Waals surface area contributed by atoms with E-state index in [-0.39, 0.29) is 11.8 Å². The third-order valence-electron chi connectivity index (χ3n) is 4.22. The first-order valence-electron chi connectivity index (χ1n) is 8.97. The summed E-state index contributed by atoms with van der Waals surface area (Å²) in [4.78, 5) is 24.7. The van der Waals surface area contributed by atoms with Crippen LogP contribution in [0.1, 0.15) is 31.8 Å². The molecule has 0 atom stereocenters. The molecule has 27 heavy (non-hydrogen) atoms. The van der Waals surface area contributed by atoms with Gasteiger partial charge in [0.25, 0.3) is 11.8 Å². The van der Waals surface area contributed by atoms with E-state index < -0.39 is 0 Å². The minimum atomic E-state index is -0.196. The van der Waals surface area contributed by atoms with E-state index in [1.54, 1.807) is 24.3 Å². The second-order valence-corrected chi connectivity index (χ2v) is 6.24. The molecule has 0 radical (unpaired) electrons. The Hall–Kier alpha value is -3.40. The molecule has 0 bridgehead atoms. The van der Waals surface area contributed by atoms with E-state index >= 15 is 0 Å². The monoisotopic (exact) mass is 358 g/mol. The molecule has 4 nitrogen and oxygen atoms in total. The molecule has 0 aliphatic carbocycles. The van der Waals surface area contributed by atoms with Gasteiger partial charge in [-0.05, 0) is 35.7 Å². The van der Waals surface area contributed by atoms with E-state index in [4.69, 9.17) is 0 Å². The number of hydrogen-bond donors (Lipinski definition) is 2. The van der Waals surface area contributed by atoms with Crippen LogP contribution in [0.5, 0.6) is 0 Å². The third-order valence-corrected chi connectivity index (χ3v) is 4.22. The van der Waals surface area contributed by atoms with Crippen LogP contribution in [0, 0.1) is 0 Å². The molecule has 3 rings (SSSR count). The SMILES string of the molecule is O=C(NCCc1ccccc1)c1cccc(C(=O)NCc2ccccc2)c1. The lowest BCUT2D eigenvalue weighted by molar-refractivity contribution is 0.0950. The van der Waals surface area contributed by atoms with Crippen LogP contribution >= 0.6 is 0 Å². The highest BCUT2D eigenvalue weighted by molar-refractivity contribution is 5.99. The van der Waals surface area contributed by atoms with Gasteiger partial charge < -0.3 is 10.6 Å². The molecule has 4 heteroatoms. The predicted octanol–water partition coefficient (Wildman–Crippen LogP) is 3.59. The Morgan fingerprint density at radius 2 is 1.19 bits per heavy atom. The number of nitrogens with one attached hydrogen (secondary N) is 2. The van der Waals surface area contributed by atoms with Crippen molar-refractivity contribution in [2.75, 3.05) is 6.54 Å². The largest absolute Gasteiger partial charge is 0.352 e. The normalized spacial score (nSPS) is 10.2. The van der Waals surface area contributed by atoms with E-state index in [1.165, 1.54) is 5.56 Å². The lowest BCUT2D eigenvalue weighted by Gasteiger charge is -2.08. The fourth-order valence-corrected chi connectivity index (χ4v) is 2.75. The van der Waals surface area contributed by atoms with Crippen molar-refractivity contribution in [1.82, 2.24) is 10.6 Å². The first-order chi connectivity index (χ1) is 13.2. The molecule has 0 spiro atoms. The molecule has 0 saturated carbocycles. The Bertz CT molecular complexity index is 893. The zero-order chi connectivity index (χ0) is 18.9. The Balaban J connectivity index is 1.54. The number of rotatable bonds is 7. The average molecular weight is 358 g/mol. The number of carbonyl (C=O) groups is 2. The zero-order valence-electron chi connectivity index (χ0n) is 15.0. The molecule has 0 unspecified atom stereocenters. The van der Waals surface area contributed by atoms with Crippen molar-refractivity contribution >= 4 is 11.8 Å². The second-order valence-electron chi connectivity index (χ2n) is 6.24. The van der Waals surface area contributed by atoms with Gasteiger partial charge in [-0.25, -0.2) is 0 Å². The van der Waals surface area contributed by atoms with Crippen LogP contribution in [0.3, 0.4) is 0 Å². The number of carbonyl (C=O) groups excluding carboxylic acids is 2. The summed E-state index contributed by atoms with van der Waals surface area (Å²) in [5.41, 5.74) is 3.16. The van der Waals surface area contributed by atoms with Crippen molar-refractivity contribution in [1.29, 1.82) is 0 Å². The van der Waals surface area contributed by atoms with Gasteiger partial charge in [0.15, 0.2) is 0 Å². The summed E-state index contributed by atoms with van der Waals surface area (Å²) >= 11 is 0. The first-order valence-corrected chi connectivity index (χ1v) is 8.97. The summed E-state index contributed by atoms with van der Waals surface area (Å²) in [5.74, 6) is -0.374. The molecule has 2 N–H and O–H groups in total. The Morgan fingerprint density at radius 1 is 0.630 bits per heavy atom. The Labute approximate surface area is 159 Å². The molecule has 0 aliphatic heterocycles. The number of amides is 2. The summed E-state index contributed by atoms with van der Waals surface area (Å²) in [7, 11) is 0. The molecule has 136 valence electrons. The summed E-state index contributed by atoms with van der Waals surface area (Å²) < 4.78 is 0. The Kier molecular flexibility index (Phi) is 6.36. The first kappa shape index (κ1) is 18.4. The maximum absolute atomic E-state index is 12.3. The molecule has 0 saturated heterocycles. The van der Waals surface area contributed by atoms with Crippen molar-refractivity contribution in [2.45, 2.75) is 13.0 Å². The standard InChI is InChI=1S/C23H22N2O2/c26-22(24-15-14-18-8-3-1-4-9-18)20-12-7-13-21(16-20)23(27)25-17-19-10-5-2-6-11-19/h1-13,16H,14-15,17H2,(H,24,26)(H,25,27). The summed E-state index contributed by atoms with van der Waals surface area (Å²) in [6.07, 6.45) is 0.768. The average Bonchev–Trinajstić information content (AvgIpc) is 2.73. The van der Waals surface area contributed by atoms with E-state index in [1.807, 2.05) is 60.7 Å². The van der Waals surface area contributed by atoms with Crippen molar-refractivity contribution in [2.24, 2.45) is 0 Å².